The Hall–Kier alpha value is -0.120. The van der Waals surface area contributed by atoms with Gasteiger partial charge in [-0.25, -0.2) is 5.01 Å². The van der Waals surface area contributed by atoms with E-state index >= 15 is 0 Å². The van der Waals surface area contributed by atoms with E-state index in [2.05, 4.69) is 29.6 Å². The van der Waals surface area contributed by atoms with Crippen LogP contribution in [-0.2, 0) is 0 Å². The second-order valence-electron chi connectivity index (χ2n) is 3.67. The zero-order valence-corrected chi connectivity index (χ0v) is 10.1. The molecule has 86 valence electrons. The first-order valence-corrected chi connectivity index (χ1v) is 5.98. The Kier molecular flexibility index (Phi) is 10.9. The van der Waals surface area contributed by atoms with Gasteiger partial charge in [-0.3, -0.25) is 5.43 Å². The number of nitrogens with zero attached hydrogens (tertiary/aromatic N) is 1. The minimum absolute atomic E-state index is 1.14. The molecule has 0 spiro atoms. The van der Waals surface area contributed by atoms with E-state index < -0.39 is 0 Å². The average molecular weight is 201 g/mol. The van der Waals surface area contributed by atoms with E-state index in [9.17, 15) is 0 Å². The van der Waals surface area contributed by atoms with Crippen molar-refractivity contribution in [3.8, 4) is 0 Å². The summed E-state index contributed by atoms with van der Waals surface area (Å²) in [5.41, 5.74) is 3.21. The van der Waals surface area contributed by atoms with Gasteiger partial charge >= 0.3 is 0 Å². The molecule has 0 saturated heterocycles. The molecule has 0 fully saturated rings. The van der Waals surface area contributed by atoms with Gasteiger partial charge in [0.05, 0.1) is 0 Å². The van der Waals surface area contributed by atoms with Gasteiger partial charge in [0.1, 0.15) is 0 Å². The Labute approximate surface area is 89.2 Å². The lowest BCUT2D eigenvalue weighted by Gasteiger charge is -2.20. The van der Waals surface area contributed by atoms with Gasteiger partial charge in [-0.15, -0.1) is 0 Å². The van der Waals surface area contributed by atoms with Crippen LogP contribution in [0.4, 0.5) is 0 Å². The van der Waals surface area contributed by atoms with E-state index in [1.165, 1.54) is 32.2 Å². The Morgan fingerprint density at radius 3 is 2.21 bits per heavy atom. The van der Waals surface area contributed by atoms with Crippen LogP contribution in [-0.4, -0.2) is 38.2 Å². The van der Waals surface area contributed by atoms with Gasteiger partial charge in [-0.05, 0) is 39.4 Å². The van der Waals surface area contributed by atoms with Gasteiger partial charge in [0.2, 0.25) is 0 Å². The van der Waals surface area contributed by atoms with Crippen molar-refractivity contribution in [2.75, 3.05) is 33.2 Å². The summed E-state index contributed by atoms with van der Waals surface area (Å²) in [6.45, 7) is 9.04. The molecule has 3 heteroatoms. The second kappa shape index (κ2) is 11.0. The molecule has 0 heterocycles. The fourth-order valence-electron chi connectivity index (χ4n) is 1.43. The zero-order valence-electron chi connectivity index (χ0n) is 10.1. The van der Waals surface area contributed by atoms with E-state index in [4.69, 9.17) is 0 Å². The van der Waals surface area contributed by atoms with E-state index in [1.807, 2.05) is 7.05 Å². The molecule has 0 unspecified atom stereocenters. The van der Waals surface area contributed by atoms with Crippen LogP contribution in [0.2, 0.25) is 0 Å². The Balaban J connectivity index is 3.15. The van der Waals surface area contributed by atoms with Gasteiger partial charge in [-0.1, -0.05) is 20.3 Å². The summed E-state index contributed by atoms with van der Waals surface area (Å²) >= 11 is 0. The molecule has 0 bridgehead atoms. The molecule has 0 aromatic carbocycles. The SMILES string of the molecule is CCCCNCCCN(CCC)NC. The van der Waals surface area contributed by atoms with Crippen molar-refractivity contribution in [1.29, 1.82) is 0 Å². The molecule has 0 atom stereocenters. The maximum atomic E-state index is 3.45. The lowest BCUT2D eigenvalue weighted by atomic mass is 10.3. The van der Waals surface area contributed by atoms with Crippen molar-refractivity contribution in [3.63, 3.8) is 0 Å². The number of hydrogen-bond acceptors (Lipinski definition) is 3. The lowest BCUT2D eigenvalue weighted by molar-refractivity contribution is 0.205. The molecular weight excluding hydrogens is 174 g/mol. The fraction of sp³-hybridized carbons (Fsp3) is 1.00. The Morgan fingerprint density at radius 2 is 1.64 bits per heavy atom. The molecule has 0 radical (unpaired) electrons. The van der Waals surface area contributed by atoms with Crippen molar-refractivity contribution in [2.24, 2.45) is 0 Å². The van der Waals surface area contributed by atoms with Crippen LogP contribution in [0.1, 0.15) is 39.5 Å². The molecule has 0 amide bonds. The summed E-state index contributed by atoms with van der Waals surface area (Å²) in [6.07, 6.45) is 5.02. The third-order valence-corrected chi connectivity index (χ3v) is 2.30. The predicted molar refractivity (Wildman–Crippen MR) is 63.3 cm³/mol. The van der Waals surface area contributed by atoms with Gasteiger partial charge in [0.25, 0.3) is 0 Å². The maximum Gasteiger partial charge on any atom is 0.0142 e. The third-order valence-electron chi connectivity index (χ3n) is 2.30. The van der Waals surface area contributed by atoms with Crippen LogP contribution in [0.3, 0.4) is 0 Å². The molecule has 0 aliphatic rings. The summed E-state index contributed by atoms with van der Waals surface area (Å²) in [4.78, 5) is 0. The molecule has 3 nitrogen and oxygen atoms in total. The molecule has 2 N–H and O–H groups in total. The molecule has 14 heavy (non-hydrogen) atoms. The minimum Gasteiger partial charge on any atom is -0.317 e. The van der Waals surface area contributed by atoms with Gasteiger partial charge < -0.3 is 5.32 Å². The molecule has 0 aliphatic heterocycles. The van der Waals surface area contributed by atoms with Gasteiger partial charge in [0.15, 0.2) is 0 Å². The maximum absolute atomic E-state index is 3.45. The molecule has 0 rings (SSSR count). The first kappa shape index (κ1) is 13.9. The van der Waals surface area contributed by atoms with Crippen molar-refractivity contribution in [1.82, 2.24) is 15.8 Å². The van der Waals surface area contributed by atoms with Gasteiger partial charge in [-0.2, -0.15) is 0 Å². The van der Waals surface area contributed by atoms with Crippen molar-refractivity contribution >= 4 is 0 Å². The topological polar surface area (TPSA) is 27.3 Å². The first-order valence-electron chi connectivity index (χ1n) is 5.98. The molecular formula is C11H27N3. The van der Waals surface area contributed by atoms with E-state index in [0.717, 1.165) is 19.6 Å². The van der Waals surface area contributed by atoms with Crippen LogP contribution < -0.4 is 10.7 Å². The number of hydrazine groups is 1. The highest BCUT2D eigenvalue weighted by molar-refractivity contribution is 4.53. The number of rotatable bonds is 10. The number of unbranched alkanes of at least 4 members (excludes halogenated alkanes) is 1. The molecule has 0 aromatic rings. The highest BCUT2D eigenvalue weighted by Gasteiger charge is 1.98. The highest BCUT2D eigenvalue weighted by Crippen LogP contribution is 1.89. The summed E-state index contributed by atoms with van der Waals surface area (Å²) in [6, 6.07) is 0. The van der Waals surface area contributed by atoms with Crippen molar-refractivity contribution in [2.45, 2.75) is 39.5 Å². The van der Waals surface area contributed by atoms with Crippen LogP contribution in [0, 0.1) is 0 Å². The summed E-state index contributed by atoms with van der Waals surface area (Å²) in [5.74, 6) is 0. The summed E-state index contributed by atoms with van der Waals surface area (Å²) in [5, 5.41) is 5.73. The monoisotopic (exact) mass is 201 g/mol. The fourth-order valence-corrected chi connectivity index (χ4v) is 1.43. The van der Waals surface area contributed by atoms with Crippen LogP contribution >= 0.6 is 0 Å². The smallest absolute Gasteiger partial charge is 0.0142 e. The minimum atomic E-state index is 1.14. The number of nitrogens with one attached hydrogen (secondary N) is 2. The predicted octanol–water partition coefficient (Wildman–Crippen LogP) is 1.61. The van der Waals surface area contributed by atoms with E-state index in [-0.39, 0.29) is 0 Å². The Morgan fingerprint density at radius 1 is 0.929 bits per heavy atom. The van der Waals surface area contributed by atoms with Gasteiger partial charge in [0, 0.05) is 13.1 Å². The highest BCUT2D eigenvalue weighted by atomic mass is 15.5. The summed E-state index contributed by atoms with van der Waals surface area (Å²) < 4.78 is 0. The third kappa shape index (κ3) is 8.48. The lowest BCUT2D eigenvalue weighted by Crippen LogP contribution is -2.37. The standard InChI is InChI=1S/C11H27N3/c1-4-6-8-13-9-7-11-14(12-3)10-5-2/h12-13H,4-11H2,1-3H3. The van der Waals surface area contributed by atoms with Crippen molar-refractivity contribution in [3.05, 3.63) is 0 Å². The van der Waals surface area contributed by atoms with E-state index in [0.29, 0.717) is 0 Å². The molecule has 0 saturated carbocycles. The molecule has 0 aromatic heterocycles. The number of hydrogen-bond donors (Lipinski definition) is 2. The van der Waals surface area contributed by atoms with E-state index in [1.54, 1.807) is 0 Å². The van der Waals surface area contributed by atoms with Crippen LogP contribution in [0.5, 0.6) is 0 Å². The Bertz CT molecular complexity index is 107. The quantitative estimate of drug-likeness (QED) is 0.415. The molecule has 0 aliphatic carbocycles. The van der Waals surface area contributed by atoms with Crippen molar-refractivity contribution < 1.29 is 0 Å². The zero-order chi connectivity index (χ0) is 10.6. The summed E-state index contributed by atoms with van der Waals surface area (Å²) in [7, 11) is 2.00. The van der Waals surface area contributed by atoms with Crippen LogP contribution in [0.25, 0.3) is 0 Å². The first-order chi connectivity index (χ1) is 6.85. The second-order valence-corrected chi connectivity index (χ2v) is 3.67. The van der Waals surface area contributed by atoms with Crippen LogP contribution in [0.15, 0.2) is 0 Å². The normalized spacial score (nSPS) is 11.1. The average Bonchev–Trinajstić information content (AvgIpc) is 2.21. The largest absolute Gasteiger partial charge is 0.317 e.